The van der Waals surface area contributed by atoms with Crippen molar-refractivity contribution in [2.24, 2.45) is 0 Å². The molecule has 0 bridgehead atoms. The molecule has 4 aromatic carbocycles. The van der Waals surface area contributed by atoms with E-state index in [0.29, 0.717) is 0 Å². The molecule has 0 saturated heterocycles. The summed E-state index contributed by atoms with van der Waals surface area (Å²) >= 11 is 0. The predicted octanol–water partition coefficient (Wildman–Crippen LogP) is 15.1. The van der Waals surface area contributed by atoms with Crippen LogP contribution >= 0.6 is 0 Å². The SMILES string of the molecule is Fc1c(F)c(C(F)(F)F)c(F)c(C(F)(F)F)c1F.Fc1c(F)c(C(F)(F)F)c(F)c(C(F)(F)F)c1F.Fc1c(F)c(C(F)(F)F)c(F)c(C(F)(F)F)c1F.Fc1c(F)c(C(F)(F)F)c(F)c(C(F)(F)F)c1F.OB(O)O. The highest BCUT2D eigenvalue weighted by atomic mass is 19.4. The molecule has 44 heteroatoms. The molecule has 4 aromatic rings. The average Bonchev–Trinajstić information content (AvgIpc) is 3.14. The van der Waals surface area contributed by atoms with Gasteiger partial charge in [0.1, 0.15) is 44.5 Å². The quantitative estimate of drug-likeness (QED) is 0.0712. The number of hydrogen-bond acceptors (Lipinski definition) is 3. The fourth-order valence-electron chi connectivity index (χ4n) is 4.53. The molecule has 0 fully saturated rings. The zero-order valence-electron chi connectivity index (χ0n) is 33.0. The van der Waals surface area contributed by atoms with Crippen LogP contribution in [0.1, 0.15) is 44.5 Å². The Hall–Kier alpha value is -5.98. The summed E-state index contributed by atoms with van der Waals surface area (Å²) in [6.45, 7) is 0. The lowest BCUT2D eigenvalue weighted by atomic mass is 10.1. The van der Waals surface area contributed by atoms with Gasteiger partial charge >= 0.3 is 56.7 Å². The van der Waals surface area contributed by atoms with Gasteiger partial charge in [0.15, 0.2) is 93.1 Å². The van der Waals surface area contributed by atoms with Gasteiger partial charge in [-0.05, 0) is 0 Å². The lowest BCUT2D eigenvalue weighted by Crippen LogP contribution is -2.21. The summed E-state index contributed by atoms with van der Waals surface area (Å²) in [5, 5.41) is 21.5. The van der Waals surface area contributed by atoms with Gasteiger partial charge in [-0.25, -0.2) is 70.2 Å². The molecule has 0 radical (unpaired) electrons. The Morgan fingerprint density at radius 2 is 0.224 bits per heavy atom. The highest BCUT2D eigenvalue weighted by molar-refractivity contribution is 6.30. The molecule has 3 nitrogen and oxygen atoms in total. The van der Waals surface area contributed by atoms with Crippen LogP contribution in [0.2, 0.25) is 0 Å². The minimum Gasteiger partial charge on any atom is -0.402 e. The second kappa shape index (κ2) is 23.3. The van der Waals surface area contributed by atoms with Crippen molar-refractivity contribution >= 4 is 7.32 Å². The van der Waals surface area contributed by atoms with Crippen LogP contribution in [0.15, 0.2) is 0 Å². The monoisotopic (exact) mass is 1210 g/mol. The Bertz CT molecular complexity index is 2200. The third-order valence-electron chi connectivity index (χ3n) is 7.32. The molecular weight excluding hydrogens is 1200 g/mol. The van der Waals surface area contributed by atoms with Crippen LogP contribution in [0.5, 0.6) is 0 Å². The smallest absolute Gasteiger partial charge is 0.402 e. The van der Waals surface area contributed by atoms with Gasteiger partial charge in [0, 0.05) is 0 Å². The highest BCUT2D eigenvalue weighted by Gasteiger charge is 2.52. The molecule has 76 heavy (non-hydrogen) atoms. The van der Waals surface area contributed by atoms with Crippen molar-refractivity contribution in [2.45, 2.75) is 49.4 Å². The molecule has 0 heterocycles. The molecule has 0 aliphatic carbocycles. The molecule has 0 atom stereocenters. The fourth-order valence-corrected chi connectivity index (χ4v) is 4.53. The largest absolute Gasteiger partial charge is 0.631 e. The van der Waals surface area contributed by atoms with E-state index in [2.05, 4.69) is 0 Å². The van der Waals surface area contributed by atoms with Gasteiger partial charge in [0.2, 0.25) is 0 Å². The summed E-state index contributed by atoms with van der Waals surface area (Å²) in [7, 11) is -2.17. The first-order valence-corrected chi connectivity index (χ1v) is 16.3. The van der Waals surface area contributed by atoms with Crippen LogP contribution in [-0.4, -0.2) is 22.4 Å². The van der Waals surface area contributed by atoms with E-state index >= 15 is 0 Å². The molecule has 0 aliphatic heterocycles. The van der Waals surface area contributed by atoms with Crippen LogP contribution in [0, 0.1) is 93.1 Å². The molecule has 0 unspecified atom stereocenters. The molecule has 0 aromatic heterocycles. The summed E-state index contributed by atoms with van der Waals surface area (Å²) < 4.78 is 492. The van der Waals surface area contributed by atoms with Crippen molar-refractivity contribution in [3.8, 4) is 0 Å². The van der Waals surface area contributed by atoms with Gasteiger partial charge in [-0.2, -0.15) is 105 Å². The van der Waals surface area contributed by atoms with Crippen molar-refractivity contribution in [1.82, 2.24) is 0 Å². The fraction of sp³-hybridized carbons (Fsp3) is 0.250. The predicted molar refractivity (Wildman–Crippen MR) is 158 cm³/mol. The second-order valence-corrected chi connectivity index (χ2v) is 12.4. The Morgan fingerprint density at radius 3 is 0.276 bits per heavy atom. The lowest BCUT2D eigenvalue weighted by Gasteiger charge is -2.15. The minimum atomic E-state index is -5.94. The molecular formula is C32H3BF40O3. The van der Waals surface area contributed by atoms with Crippen LogP contribution in [0.3, 0.4) is 0 Å². The number of alkyl halides is 24. The highest BCUT2D eigenvalue weighted by Crippen LogP contribution is 2.46. The van der Waals surface area contributed by atoms with Crippen LogP contribution < -0.4 is 0 Å². The van der Waals surface area contributed by atoms with Crippen molar-refractivity contribution in [3.63, 3.8) is 0 Å². The van der Waals surface area contributed by atoms with Crippen molar-refractivity contribution in [3.05, 3.63) is 138 Å². The maximum atomic E-state index is 12.9. The summed E-state index contributed by atoms with van der Waals surface area (Å²) in [5.74, 6) is -49.7. The van der Waals surface area contributed by atoms with Crippen LogP contribution in [-0.2, 0) is 49.4 Å². The summed E-state index contributed by atoms with van der Waals surface area (Å²) in [6.07, 6.45) is -47.5. The van der Waals surface area contributed by atoms with Crippen molar-refractivity contribution in [2.75, 3.05) is 0 Å². The molecule has 0 amide bonds. The first kappa shape index (κ1) is 70.0. The second-order valence-electron chi connectivity index (χ2n) is 12.4. The average molecular weight is 1210 g/mol. The maximum absolute atomic E-state index is 12.9. The third kappa shape index (κ3) is 16.0. The first-order valence-electron chi connectivity index (χ1n) is 16.3. The van der Waals surface area contributed by atoms with Crippen LogP contribution in [0.25, 0.3) is 0 Å². The lowest BCUT2D eigenvalue weighted by molar-refractivity contribution is -0.153. The first-order chi connectivity index (χ1) is 33.3. The van der Waals surface area contributed by atoms with E-state index in [1.807, 2.05) is 0 Å². The van der Waals surface area contributed by atoms with E-state index in [4.69, 9.17) is 15.1 Å². The zero-order valence-corrected chi connectivity index (χ0v) is 33.0. The Morgan fingerprint density at radius 1 is 0.158 bits per heavy atom. The minimum absolute atomic E-state index is 2.17. The van der Waals surface area contributed by atoms with Gasteiger partial charge in [0.25, 0.3) is 0 Å². The molecule has 4 rings (SSSR count). The normalized spacial score (nSPS) is 12.7. The van der Waals surface area contributed by atoms with E-state index in [1.165, 1.54) is 0 Å². The number of rotatable bonds is 0. The molecule has 3 N–H and O–H groups in total. The molecule has 0 saturated carbocycles. The summed E-state index contributed by atoms with van der Waals surface area (Å²) in [5.41, 5.74) is -25.0. The van der Waals surface area contributed by atoms with E-state index in [-0.39, 0.29) is 0 Å². The van der Waals surface area contributed by atoms with E-state index in [1.54, 1.807) is 0 Å². The van der Waals surface area contributed by atoms with Gasteiger partial charge in [-0.3, -0.25) is 0 Å². The van der Waals surface area contributed by atoms with Gasteiger partial charge < -0.3 is 15.1 Å². The van der Waals surface area contributed by atoms with E-state index in [9.17, 15) is 176 Å². The van der Waals surface area contributed by atoms with Crippen LogP contribution in [0.4, 0.5) is 176 Å². The molecule has 0 spiro atoms. The maximum Gasteiger partial charge on any atom is 0.631 e. The van der Waals surface area contributed by atoms with Gasteiger partial charge in [-0.1, -0.05) is 0 Å². The summed E-state index contributed by atoms with van der Waals surface area (Å²) in [6, 6.07) is 0. The number of benzene rings is 4. The van der Waals surface area contributed by atoms with Crippen molar-refractivity contribution < 1.29 is 191 Å². The van der Waals surface area contributed by atoms with Gasteiger partial charge in [0.05, 0.1) is 0 Å². The van der Waals surface area contributed by atoms with Gasteiger partial charge in [-0.15, -0.1) is 0 Å². The Kier molecular flexibility index (Phi) is 21.5. The third-order valence-corrected chi connectivity index (χ3v) is 7.32. The Balaban J connectivity index is 0.000000962. The standard InChI is InChI=1S/4C8F10.BH3O3/c4*9-3-1(7(13,14)15)4(10)6(12)5(11)2(3)8(16,17)18;2-1(3)4/h;;;;2-4H. The number of halogens is 40. The summed E-state index contributed by atoms with van der Waals surface area (Å²) in [4.78, 5) is 0. The zero-order chi connectivity index (χ0) is 61.4. The van der Waals surface area contributed by atoms with E-state index < -0.39 is 194 Å². The topological polar surface area (TPSA) is 60.7 Å². The Labute approximate surface area is 385 Å². The molecule has 432 valence electrons. The molecule has 0 aliphatic rings. The van der Waals surface area contributed by atoms with Crippen molar-refractivity contribution in [1.29, 1.82) is 0 Å². The van der Waals surface area contributed by atoms with E-state index in [0.717, 1.165) is 0 Å². The number of hydrogen-bond donors (Lipinski definition) is 3.